The van der Waals surface area contributed by atoms with E-state index in [2.05, 4.69) is 32.5 Å². The summed E-state index contributed by atoms with van der Waals surface area (Å²) >= 11 is 1.64. The highest BCUT2D eigenvalue weighted by Gasteiger charge is 2.05. The van der Waals surface area contributed by atoms with E-state index in [9.17, 15) is 4.79 Å². The summed E-state index contributed by atoms with van der Waals surface area (Å²) in [6, 6.07) is 18.9. The molecule has 2 aromatic carbocycles. The van der Waals surface area contributed by atoms with E-state index in [-0.39, 0.29) is 5.78 Å². The van der Waals surface area contributed by atoms with Crippen LogP contribution in [0.15, 0.2) is 66.0 Å². The van der Waals surface area contributed by atoms with Gasteiger partial charge in [-0.25, -0.2) is 5.10 Å². The number of Topliss-reactive ketones (excluding diaryl/α,β-unsaturated/α-hetero) is 1. The number of hydrogen-bond donors (Lipinski definition) is 1. The number of ketones is 1. The van der Waals surface area contributed by atoms with Crippen LogP contribution in [0.5, 0.6) is 0 Å². The molecule has 0 atom stereocenters. The molecule has 0 radical (unpaired) electrons. The first-order valence-corrected chi connectivity index (χ1v) is 8.72. The Kier molecular flexibility index (Phi) is 4.37. The monoisotopic (exact) mass is 356 g/mol. The Hall–Kier alpha value is -3.56. The molecule has 26 heavy (non-hydrogen) atoms. The highest BCUT2D eigenvalue weighted by atomic mass is 32.1. The van der Waals surface area contributed by atoms with Crippen LogP contribution in [-0.2, 0) is 0 Å². The zero-order valence-corrected chi connectivity index (χ0v) is 14.3. The number of nitrogens with zero attached hydrogens (tertiary/aromatic N) is 3. The highest BCUT2D eigenvalue weighted by molar-refractivity contribution is 7.13. The Bertz CT molecular complexity index is 1090. The largest absolute Gasteiger partial charge is 0.279 e. The van der Waals surface area contributed by atoms with Gasteiger partial charge in [0.2, 0.25) is 5.78 Å². The number of hydrogen-bond acceptors (Lipinski definition) is 5. The standard InChI is InChI=1S/C20H12N4OS/c25-18(16-3-1-4-17(13-16)19-5-2-12-26-19)11-8-14-6-9-15(10-7-14)20-21-23-24-22-20/h1-7,9-10,12-13H,(H,21,22,23,24). The number of thiophene rings is 1. The average Bonchev–Trinajstić information content (AvgIpc) is 3.40. The molecular weight excluding hydrogens is 344 g/mol. The molecule has 124 valence electrons. The molecule has 0 bridgehead atoms. The maximum atomic E-state index is 12.4. The molecular formula is C20H12N4OS. The van der Waals surface area contributed by atoms with Crippen LogP contribution in [0.1, 0.15) is 15.9 Å². The third-order valence-electron chi connectivity index (χ3n) is 3.75. The maximum Gasteiger partial charge on any atom is 0.236 e. The van der Waals surface area contributed by atoms with Crippen LogP contribution in [-0.4, -0.2) is 26.4 Å². The predicted octanol–water partition coefficient (Wildman–Crippen LogP) is 3.83. The van der Waals surface area contributed by atoms with Crippen LogP contribution in [0, 0.1) is 11.8 Å². The Balaban J connectivity index is 1.53. The lowest BCUT2D eigenvalue weighted by atomic mass is 10.1. The number of aromatic amines is 1. The fraction of sp³-hybridized carbons (Fsp3) is 0. The Morgan fingerprint density at radius 1 is 1.00 bits per heavy atom. The second-order valence-electron chi connectivity index (χ2n) is 5.46. The third-order valence-corrected chi connectivity index (χ3v) is 4.67. The molecule has 0 saturated carbocycles. The van der Waals surface area contributed by atoms with Gasteiger partial charge >= 0.3 is 0 Å². The van der Waals surface area contributed by atoms with Crippen molar-refractivity contribution in [3.8, 4) is 33.7 Å². The van der Waals surface area contributed by atoms with Gasteiger partial charge in [0, 0.05) is 21.6 Å². The van der Waals surface area contributed by atoms with E-state index in [1.165, 1.54) is 0 Å². The summed E-state index contributed by atoms with van der Waals surface area (Å²) in [5.74, 6) is 6.01. The van der Waals surface area contributed by atoms with Crippen LogP contribution in [0.2, 0.25) is 0 Å². The van der Waals surface area contributed by atoms with Gasteiger partial charge in [0.25, 0.3) is 0 Å². The number of carbonyl (C=O) groups is 1. The first-order valence-electron chi connectivity index (χ1n) is 7.84. The molecule has 5 nitrogen and oxygen atoms in total. The van der Waals surface area contributed by atoms with Gasteiger partial charge in [-0.1, -0.05) is 30.2 Å². The highest BCUT2D eigenvalue weighted by Crippen LogP contribution is 2.25. The molecule has 4 rings (SSSR count). The quantitative estimate of drug-likeness (QED) is 0.447. The average molecular weight is 356 g/mol. The van der Waals surface area contributed by atoms with E-state index in [0.717, 1.165) is 21.6 Å². The second-order valence-corrected chi connectivity index (χ2v) is 6.41. The van der Waals surface area contributed by atoms with Crippen molar-refractivity contribution in [2.45, 2.75) is 0 Å². The summed E-state index contributed by atoms with van der Waals surface area (Å²) in [7, 11) is 0. The van der Waals surface area contributed by atoms with E-state index in [0.29, 0.717) is 11.4 Å². The normalized spacial score (nSPS) is 10.2. The topological polar surface area (TPSA) is 71.5 Å². The van der Waals surface area contributed by atoms with Crippen molar-refractivity contribution >= 4 is 17.1 Å². The molecule has 0 aliphatic heterocycles. The van der Waals surface area contributed by atoms with Crippen molar-refractivity contribution in [3.63, 3.8) is 0 Å². The number of carbonyl (C=O) groups excluding carboxylic acids is 1. The Morgan fingerprint density at radius 2 is 1.88 bits per heavy atom. The SMILES string of the molecule is O=C(C#Cc1ccc(-c2nnn[nH]2)cc1)c1cccc(-c2cccs2)c1. The predicted molar refractivity (Wildman–Crippen MR) is 101 cm³/mol. The molecule has 0 aliphatic carbocycles. The summed E-state index contributed by atoms with van der Waals surface area (Å²) in [5.41, 5.74) is 3.23. The number of H-pyrrole nitrogens is 1. The lowest BCUT2D eigenvalue weighted by molar-refractivity contribution is 0.105. The number of benzene rings is 2. The van der Waals surface area contributed by atoms with Crippen molar-refractivity contribution in [2.75, 3.05) is 0 Å². The minimum atomic E-state index is -0.202. The van der Waals surface area contributed by atoms with Crippen LogP contribution < -0.4 is 0 Å². The molecule has 2 heterocycles. The van der Waals surface area contributed by atoms with Gasteiger partial charge in [0.1, 0.15) is 0 Å². The summed E-state index contributed by atoms with van der Waals surface area (Å²) < 4.78 is 0. The van der Waals surface area contributed by atoms with Crippen LogP contribution >= 0.6 is 11.3 Å². The van der Waals surface area contributed by atoms with Gasteiger partial charge < -0.3 is 0 Å². The summed E-state index contributed by atoms with van der Waals surface area (Å²) in [5, 5.41) is 15.7. The molecule has 2 aromatic heterocycles. The van der Waals surface area contributed by atoms with Crippen LogP contribution in [0.4, 0.5) is 0 Å². The van der Waals surface area contributed by atoms with Crippen molar-refractivity contribution in [1.82, 2.24) is 20.6 Å². The molecule has 4 aromatic rings. The molecule has 1 N–H and O–H groups in total. The van der Waals surface area contributed by atoms with Gasteiger partial charge in [-0.05, 0) is 63.7 Å². The molecule has 0 spiro atoms. The second kappa shape index (κ2) is 7.13. The van der Waals surface area contributed by atoms with Crippen molar-refractivity contribution in [2.24, 2.45) is 0 Å². The van der Waals surface area contributed by atoms with Gasteiger partial charge in [-0.2, -0.15) is 0 Å². The van der Waals surface area contributed by atoms with Crippen LogP contribution in [0.25, 0.3) is 21.8 Å². The summed E-state index contributed by atoms with van der Waals surface area (Å²) in [6.45, 7) is 0. The zero-order valence-electron chi connectivity index (χ0n) is 13.5. The summed E-state index contributed by atoms with van der Waals surface area (Å²) in [4.78, 5) is 13.5. The number of aromatic nitrogens is 4. The minimum Gasteiger partial charge on any atom is -0.279 e. The number of nitrogens with one attached hydrogen (secondary N) is 1. The molecule has 0 saturated heterocycles. The zero-order chi connectivity index (χ0) is 17.8. The third kappa shape index (κ3) is 3.43. The van der Waals surface area contributed by atoms with Crippen molar-refractivity contribution in [3.05, 3.63) is 77.2 Å². The van der Waals surface area contributed by atoms with Gasteiger partial charge in [-0.15, -0.1) is 16.4 Å². The number of tetrazole rings is 1. The molecule has 0 fully saturated rings. The molecule has 6 heteroatoms. The van der Waals surface area contributed by atoms with Gasteiger partial charge in [0.15, 0.2) is 5.82 Å². The lowest BCUT2D eigenvalue weighted by Gasteiger charge is -1.99. The van der Waals surface area contributed by atoms with Crippen molar-refractivity contribution < 1.29 is 4.79 Å². The van der Waals surface area contributed by atoms with E-state index in [1.54, 1.807) is 17.4 Å². The molecule has 0 unspecified atom stereocenters. The van der Waals surface area contributed by atoms with E-state index in [1.807, 2.05) is 60.0 Å². The van der Waals surface area contributed by atoms with Gasteiger partial charge in [0.05, 0.1) is 0 Å². The lowest BCUT2D eigenvalue weighted by Crippen LogP contribution is -1.95. The van der Waals surface area contributed by atoms with Crippen LogP contribution in [0.3, 0.4) is 0 Å². The Morgan fingerprint density at radius 3 is 2.62 bits per heavy atom. The first kappa shape index (κ1) is 15.9. The molecule has 0 amide bonds. The molecule has 0 aliphatic rings. The summed E-state index contributed by atoms with van der Waals surface area (Å²) in [6.07, 6.45) is 0. The van der Waals surface area contributed by atoms with E-state index in [4.69, 9.17) is 0 Å². The minimum absolute atomic E-state index is 0.202. The number of rotatable bonds is 3. The van der Waals surface area contributed by atoms with Crippen molar-refractivity contribution in [1.29, 1.82) is 0 Å². The smallest absolute Gasteiger partial charge is 0.236 e. The van der Waals surface area contributed by atoms with E-state index < -0.39 is 0 Å². The fourth-order valence-corrected chi connectivity index (χ4v) is 3.17. The maximum absolute atomic E-state index is 12.4. The van der Waals surface area contributed by atoms with E-state index >= 15 is 0 Å². The first-order chi connectivity index (χ1) is 12.8. The Labute approximate surface area is 153 Å². The fourth-order valence-electron chi connectivity index (χ4n) is 2.45. The van der Waals surface area contributed by atoms with Gasteiger partial charge in [-0.3, -0.25) is 4.79 Å².